The van der Waals surface area contributed by atoms with Gasteiger partial charge in [-0.25, -0.2) is 9.97 Å². The van der Waals surface area contributed by atoms with E-state index in [0.29, 0.717) is 16.7 Å². The number of aliphatic hydroxyl groups excluding tert-OH is 1. The van der Waals surface area contributed by atoms with E-state index in [1.807, 2.05) is 81.6 Å². The lowest BCUT2D eigenvalue weighted by Crippen LogP contribution is -2.19. The Morgan fingerprint density at radius 1 is 1.03 bits per heavy atom. The lowest BCUT2D eigenvalue weighted by Gasteiger charge is -2.07. The van der Waals surface area contributed by atoms with Gasteiger partial charge in [0.2, 0.25) is 5.95 Å². The molecule has 0 saturated heterocycles. The molecule has 0 saturated carbocycles. The highest BCUT2D eigenvalue weighted by molar-refractivity contribution is 6.30. The van der Waals surface area contributed by atoms with Crippen molar-refractivity contribution in [1.29, 1.82) is 0 Å². The van der Waals surface area contributed by atoms with Crippen molar-refractivity contribution in [2.75, 3.05) is 11.9 Å². The predicted molar refractivity (Wildman–Crippen MR) is 128 cm³/mol. The van der Waals surface area contributed by atoms with Crippen LogP contribution in [0.5, 0.6) is 0 Å². The summed E-state index contributed by atoms with van der Waals surface area (Å²) in [6.45, 7) is 5.92. The average molecular weight is 433 g/mol. The fourth-order valence-corrected chi connectivity index (χ4v) is 2.98. The van der Waals surface area contributed by atoms with Crippen LogP contribution >= 0.6 is 11.6 Å². The molecule has 2 aromatic heterocycles. The van der Waals surface area contributed by atoms with Gasteiger partial charge in [0.25, 0.3) is 0 Å². The minimum atomic E-state index is -0.0725. The van der Waals surface area contributed by atoms with Gasteiger partial charge in [-0.15, -0.1) is 0 Å². The van der Waals surface area contributed by atoms with Crippen LogP contribution in [0.2, 0.25) is 5.02 Å². The van der Waals surface area contributed by atoms with Gasteiger partial charge in [0.05, 0.1) is 17.6 Å². The van der Waals surface area contributed by atoms with E-state index in [2.05, 4.69) is 32.1 Å². The minimum absolute atomic E-state index is 0.0393. The molecule has 0 fully saturated rings. The first-order valence-corrected chi connectivity index (χ1v) is 10.6. The quantitative estimate of drug-likeness (QED) is 0.372. The molecule has 1 unspecified atom stereocenters. The Kier molecular flexibility index (Phi) is 7.66. The molecule has 4 aromatic rings. The number of aromatic nitrogens is 3. The van der Waals surface area contributed by atoms with Gasteiger partial charge < -0.3 is 15.4 Å². The van der Waals surface area contributed by atoms with E-state index >= 15 is 0 Å². The highest BCUT2D eigenvalue weighted by Gasteiger charge is 2.06. The highest BCUT2D eigenvalue weighted by atomic mass is 35.5. The number of pyridine rings is 1. The molecule has 2 heterocycles. The van der Waals surface area contributed by atoms with E-state index in [-0.39, 0.29) is 12.6 Å². The number of aromatic amines is 1. The molecule has 2 aromatic carbocycles. The summed E-state index contributed by atoms with van der Waals surface area (Å²) in [4.78, 5) is 12.1. The summed E-state index contributed by atoms with van der Waals surface area (Å²) in [5.74, 6) is 6.87. The van der Waals surface area contributed by atoms with Crippen LogP contribution in [0.1, 0.15) is 32.0 Å². The summed E-state index contributed by atoms with van der Waals surface area (Å²) in [5, 5.41) is 13.0. The van der Waals surface area contributed by atoms with E-state index in [1.54, 1.807) is 0 Å². The van der Waals surface area contributed by atoms with Crippen LogP contribution < -0.4 is 5.32 Å². The molecule has 5 nitrogen and oxygen atoms in total. The van der Waals surface area contributed by atoms with Crippen molar-refractivity contribution < 1.29 is 5.11 Å². The zero-order valence-electron chi connectivity index (χ0n) is 17.8. The number of nitrogens with one attached hydrogen (secondary N) is 2. The fourth-order valence-electron chi connectivity index (χ4n) is 2.85. The molecule has 0 aliphatic carbocycles. The molecule has 0 radical (unpaired) electrons. The SMILES string of the molecule is CC.CC(CO)Nc1nc2ccc(C#Cc3ccc(-c4ccc(Cl)cc4)cn3)cc2[nH]1. The van der Waals surface area contributed by atoms with E-state index in [4.69, 9.17) is 16.7 Å². The number of fused-ring (bicyclic) bond motifs is 1. The van der Waals surface area contributed by atoms with Crippen molar-refractivity contribution in [1.82, 2.24) is 15.0 Å². The van der Waals surface area contributed by atoms with Gasteiger partial charge in [-0.1, -0.05) is 49.6 Å². The molecule has 4 rings (SSSR count). The van der Waals surface area contributed by atoms with Crippen molar-refractivity contribution in [2.45, 2.75) is 26.8 Å². The van der Waals surface area contributed by atoms with Gasteiger partial charge in [0.1, 0.15) is 5.69 Å². The maximum atomic E-state index is 9.15. The standard InChI is InChI=1S/C23H19ClN4O.C2H6/c1-15(14-29)26-23-27-21-11-3-16(12-22(21)28-23)2-9-20-10-6-18(13-25-20)17-4-7-19(24)8-5-17;1-2/h3-8,10-13,15,29H,14H2,1H3,(H2,26,27,28);1-2H3. The number of hydrogen-bond acceptors (Lipinski definition) is 4. The smallest absolute Gasteiger partial charge is 0.201 e. The van der Waals surface area contributed by atoms with Crippen LogP contribution in [0.15, 0.2) is 60.8 Å². The van der Waals surface area contributed by atoms with Gasteiger partial charge in [-0.05, 0) is 54.8 Å². The summed E-state index contributed by atoms with van der Waals surface area (Å²) in [7, 11) is 0. The summed E-state index contributed by atoms with van der Waals surface area (Å²) < 4.78 is 0. The second kappa shape index (κ2) is 10.6. The Labute approximate surface area is 187 Å². The fraction of sp³-hybridized carbons (Fsp3) is 0.200. The highest BCUT2D eigenvalue weighted by Crippen LogP contribution is 2.21. The van der Waals surface area contributed by atoms with Crippen molar-refractivity contribution in [2.24, 2.45) is 0 Å². The largest absolute Gasteiger partial charge is 0.394 e. The van der Waals surface area contributed by atoms with Crippen LogP contribution in [-0.4, -0.2) is 32.7 Å². The molecule has 158 valence electrons. The molecule has 0 aliphatic rings. The molecular weight excluding hydrogens is 408 g/mol. The van der Waals surface area contributed by atoms with Crippen molar-refractivity contribution >= 4 is 28.6 Å². The Morgan fingerprint density at radius 2 is 1.77 bits per heavy atom. The van der Waals surface area contributed by atoms with Gasteiger partial charge in [-0.3, -0.25) is 0 Å². The second-order valence-corrected chi connectivity index (χ2v) is 7.17. The molecule has 6 heteroatoms. The van der Waals surface area contributed by atoms with Crippen molar-refractivity contribution in [3.8, 4) is 23.0 Å². The summed E-state index contributed by atoms with van der Waals surface area (Å²) in [6, 6.07) is 17.3. The molecule has 0 spiro atoms. The Balaban J connectivity index is 0.00000132. The normalized spacial score (nSPS) is 11.1. The second-order valence-electron chi connectivity index (χ2n) is 6.73. The summed E-state index contributed by atoms with van der Waals surface area (Å²) in [6.07, 6.45) is 1.81. The van der Waals surface area contributed by atoms with Crippen LogP contribution in [-0.2, 0) is 0 Å². The third-order valence-corrected chi connectivity index (χ3v) is 4.67. The zero-order valence-corrected chi connectivity index (χ0v) is 18.5. The maximum Gasteiger partial charge on any atom is 0.201 e. The van der Waals surface area contributed by atoms with Crippen LogP contribution in [0.3, 0.4) is 0 Å². The number of aliphatic hydroxyl groups is 1. The number of halogens is 1. The number of benzene rings is 2. The van der Waals surface area contributed by atoms with Crippen molar-refractivity contribution in [3.05, 3.63) is 77.1 Å². The average Bonchev–Trinajstić information content (AvgIpc) is 3.21. The Morgan fingerprint density at radius 3 is 2.45 bits per heavy atom. The molecule has 0 bridgehead atoms. The first kappa shape index (κ1) is 22.4. The van der Waals surface area contributed by atoms with Crippen LogP contribution in [0.25, 0.3) is 22.2 Å². The monoisotopic (exact) mass is 432 g/mol. The van der Waals surface area contributed by atoms with Gasteiger partial charge in [0.15, 0.2) is 0 Å². The molecule has 1 atom stereocenters. The lowest BCUT2D eigenvalue weighted by atomic mass is 10.1. The van der Waals surface area contributed by atoms with E-state index in [0.717, 1.165) is 27.7 Å². The van der Waals surface area contributed by atoms with Gasteiger partial charge >= 0.3 is 0 Å². The Bertz CT molecular complexity index is 1190. The van der Waals surface area contributed by atoms with E-state index in [9.17, 15) is 0 Å². The number of imidazole rings is 1. The number of nitrogens with zero attached hydrogens (tertiary/aromatic N) is 2. The molecule has 0 amide bonds. The van der Waals surface area contributed by atoms with E-state index in [1.165, 1.54) is 0 Å². The van der Waals surface area contributed by atoms with Crippen LogP contribution in [0, 0.1) is 11.8 Å². The number of anilines is 1. The predicted octanol–water partition coefficient (Wildman–Crippen LogP) is 5.50. The van der Waals surface area contributed by atoms with Gasteiger partial charge in [0, 0.05) is 28.4 Å². The molecule has 31 heavy (non-hydrogen) atoms. The van der Waals surface area contributed by atoms with Crippen molar-refractivity contribution in [3.63, 3.8) is 0 Å². The van der Waals surface area contributed by atoms with Gasteiger partial charge in [-0.2, -0.15) is 0 Å². The first-order chi connectivity index (χ1) is 15.1. The first-order valence-electron chi connectivity index (χ1n) is 10.2. The number of H-pyrrole nitrogens is 1. The number of rotatable bonds is 4. The van der Waals surface area contributed by atoms with Crippen LogP contribution in [0.4, 0.5) is 5.95 Å². The molecule has 0 aliphatic heterocycles. The number of hydrogen-bond donors (Lipinski definition) is 3. The zero-order chi connectivity index (χ0) is 22.2. The third kappa shape index (κ3) is 5.85. The topological polar surface area (TPSA) is 73.8 Å². The summed E-state index contributed by atoms with van der Waals surface area (Å²) in [5.41, 5.74) is 5.37. The lowest BCUT2D eigenvalue weighted by molar-refractivity contribution is 0.281. The third-order valence-electron chi connectivity index (χ3n) is 4.41. The summed E-state index contributed by atoms with van der Waals surface area (Å²) >= 11 is 5.94. The molecule has 3 N–H and O–H groups in total. The maximum absolute atomic E-state index is 9.15. The Hall–Kier alpha value is -3.33. The van der Waals surface area contributed by atoms with E-state index < -0.39 is 0 Å². The molecular formula is C25H25ClN4O. The minimum Gasteiger partial charge on any atom is -0.394 e.